The van der Waals surface area contributed by atoms with Gasteiger partial charge in [0, 0.05) is 13.1 Å². The fourth-order valence-electron chi connectivity index (χ4n) is 1.74. The summed E-state index contributed by atoms with van der Waals surface area (Å²) < 4.78 is 39.5. The Labute approximate surface area is 114 Å². The summed E-state index contributed by atoms with van der Waals surface area (Å²) in [5.74, 6) is -0.833. The van der Waals surface area contributed by atoms with E-state index in [9.17, 15) is 23.1 Å². The van der Waals surface area contributed by atoms with Crippen molar-refractivity contribution in [1.29, 1.82) is 0 Å². The van der Waals surface area contributed by atoms with Crippen LogP contribution in [0.15, 0.2) is 6.20 Å². The Morgan fingerprint density at radius 2 is 2.15 bits per heavy atom. The topological polar surface area (TPSA) is 67.2 Å². The highest BCUT2D eigenvalue weighted by Gasteiger charge is 2.39. The molecule has 1 amide bonds. The molecule has 0 radical (unpaired) electrons. The molecule has 0 aromatic carbocycles. The van der Waals surface area contributed by atoms with E-state index in [1.165, 1.54) is 6.92 Å². The van der Waals surface area contributed by atoms with Crippen LogP contribution < -0.4 is 5.32 Å². The average Bonchev–Trinajstić information content (AvgIpc) is 2.82. The molecule has 5 nitrogen and oxygen atoms in total. The molecule has 0 aliphatic heterocycles. The van der Waals surface area contributed by atoms with Crippen molar-refractivity contribution in [3.05, 3.63) is 17.5 Å². The summed E-state index contributed by atoms with van der Waals surface area (Å²) in [5, 5.41) is 15.2. The molecule has 20 heavy (non-hydrogen) atoms. The zero-order valence-corrected chi connectivity index (χ0v) is 11.4. The number of aromatic nitrogens is 2. The molecule has 1 rings (SSSR count). The highest BCUT2D eigenvalue weighted by atomic mass is 19.4. The number of hydrogen-bond donors (Lipinski definition) is 2. The van der Waals surface area contributed by atoms with Crippen LogP contribution in [0.5, 0.6) is 0 Å². The molecule has 0 bridgehead atoms. The predicted molar refractivity (Wildman–Crippen MR) is 66.2 cm³/mol. The Morgan fingerprint density at radius 1 is 1.50 bits per heavy atom. The Morgan fingerprint density at radius 3 is 2.65 bits per heavy atom. The molecule has 0 spiro atoms. The Bertz CT molecular complexity index is 457. The van der Waals surface area contributed by atoms with Gasteiger partial charge in [-0.15, -0.1) is 0 Å². The van der Waals surface area contributed by atoms with E-state index in [0.717, 1.165) is 10.9 Å². The Kier molecular flexibility index (Phi) is 5.55. The largest absolute Gasteiger partial charge is 0.433 e. The van der Waals surface area contributed by atoms with Gasteiger partial charge in [0.2, 0.25) is 0 Å². The molecule has 1 atom stereocenters. The number of halogens is 3. The summed E-state index contributed by atoms with van der Waals surface area (Å²) in [6.07, 6.45) is -3.47. The van der Waals surface area contributed by atoms with Crippen molar-refractivity contribution in [3.63, 3.8) is 0 Å². The van der Waals surface area contributed by atoms with E-state index in [2.05, 4.69) is 10.4 Å². The number of aliphatic hydroxyl groups excluding tert-OH is 1. The molecule has 2 N–H and O–H groups in total. The lowest BCUT2D eigenvalue weighted by atomic mass is 10.2. The fraction of sp³-hybridized carbons (Fsp3) is 0.667. The minimum Gasteiger partial charge on any atom is -0.393 e. The molecule has 114 valence electrons. The lowest BCUT2D eigenvalue weighted by molar-refractivity contribution is -0.144. The minimum atomic E-state index is -4.64. The van der Waals surface area contributed by atoms with Crippen LogP contribution in [-0.4, -0.2) is 33.4 Å². The summed E-state index contributed by atoms with van der Waals surface area (Å²) in [4.78, 5) is 11.8. The summed E-state index contributed by atoms with van der Waals surface area (Å²) >= 11 is 0. The van der Waals surface area contributed by atoms with E-state index in [0.29, 0.717) is 12.8 Å². The van der Waals surface area contributed by atoms with Crippen LogP contribution in [0.3, 0.4) is 0 Å². The molecular formula is C12H18F3N3O2. The standard InChI is InChI=1S/C12H18F3N3O2/c1-3-8(19)5-6-16-11(20)9-7-17-18(4-2)10(9)12(13,14)15/h7-8,19H,3-6H2,1-2H3,(H,16,20). The van der Waals surface area contributed by atoms with Gasteiger partial charge < -0.3 is 10.4 Å². The molecule has 0 saturated carbocycles. The molecule has 0 fully saturated rings. The predicted octanol–water partition coefficient (Wildman–Crippen LogP) is 1.81. The zero-order chi connectivity index (χ0) is 15.3. The quantitative estimate of drug-likeness (QED) is 0.840. The zero-order valence-electron chi connectivity index (χ0n) is 11.4. The van der Waals surface area contributed by atoms with E-state index in [1.54, 1.807) is 6.92 Å². The molecule has 0 saturated heterocycles. The lowest BCUT2D eigenvalue weighted by Gasteiger charge is -2.12. The number of nitrogens with one attached hydrogen (secondary N) is 1. The Hall–Kier alpha value is -1.57. The van der Waals surface area contributed by atoms with E-state index in [1.807, 2.05) is 0 Å². The Balaban J connectivity index is 2.81. The second-order valence-corrected chi connectivity index (χ2v) is 4.33. The second-order valence-electron chi connectivity index (χ2n) is 4.33. The minimum absolute atomic E-state index is 0.0245. The molecule has 1 aromatic heterocycles. The number of aliphatic hydroxyl groups is 1. The number of nitrogens with zero attached hydrogens (tertiary/aromatic N) is 2. The molecule has 8 heteroatoms. The van der Waals surface area contributed by atoms with Gasteiger partial charge in [0.15, 0.2) is 5.69 Å². The first-order chi connectivity index (χ1) is 9.31. The average molecular weight is 293 g/mol. The number of aryl methyl sites for hydroxylation is 1. The molecule has 0 aliphatic carbocycles. The first-order valence-corrected chi connectivity index (χ1v) is 6.40. The third-order valence-corrected chi connectivity index (χ3v) is 2.89. The van der Waals surface area contributed by atoms with Gasteiger partial charge >= 0.3 is 6.18 Å². The van der Waals surface area contributed by atoms with Gasteiger partial charge in [0.1, 0.15) is 0 Å². The van der Waals surface area contributed by atoms with E-state index >= 15 is 0 Å². The maximum atomic E-state index is 12.9. The SMILES string of the molecule is CCC(O)CCNC(=O)c1cnn(CC)c1C(F)(F)F. The molecule has 1 unspecified atom stereocenters. The van der Waals surface area contributed by atoms with Gasteiger partial charge in [-0.2, -0.15) is 18.3 Å². The van der Waals surface area contributed by atoms with Crippen molar-refractivity contribution in [1.82, 2.24) is 15.1 Å². The molecular weight excluding hydrogens is 275 g/mol. The van der Waals surface area contributed by atoms with E-state index in [-0.39, 0.29) is 13.1 Å². The third-order valence-electron chi connectivity index (χ3n) is 2.89. The van der Waals surface area contributed by atoms with E-state index < -0.39 is 29.4 Å². The second kappa shape index (κ2) is 6.74. The maximum Gasteiger partial charge on any atom is 0.433 e. The summed E-state index contributed by atoms with van der Waals surface area (Å²) in [6, 6.07) is 0. The van der Waals surface area contributed by atoms with Crippen LogP contribution in [0.4, 0.5) is 13.2 Å². The first kappa shape index (κ1) is 16.5. The van der Waals surface area contributed by atoms with Crippen LogP contribution in [0.25, 0.3) is 0 Å². The van der Waals surface area contributed by atoms with Gasteiger partial charge in [0.25, 0.3) is 5.91 Å². The maximum absolute atomic E-state index is 12.9. The van der Waals surface area contributed by atoms with Crippen LogP contribution in [-0.2, 0) is 12.7 Å². The van der Waals surface area contributed by atoms with Gasteiger partial charge in [-0.05, 0) is 19.8 Å². The van der Waals surface area contributed by atoms with Gasteiger partial charge in [-0.25, -0.2) is 0 Å². The number of carbonyl (C=O) groups is 1. The number of rotatable bonds is 6. The molecule has 0 aliphatic rings. The fourth-order valence-corrected chi connectivity index (χ4v) is 1.74. The van der Waals surface area contributed by atoms with Crippen molar-refractivity contribution in [2.45, 2.75) is 45.5 Å². The number of amides is 1. The van der Waals surface area contributed by atoms with Crippen molar-refractivity contribution >= 4 is 5.91 Å². The summed E-state index contributed by atoms with van der Waals surface area (Å²) in [7, 11) is 0. The smallest absolute Gasteiger partial charge is 0.393 e. The van der Waals surface area contributed by atoms with Crippen molar-refractivity contribution in [3.8, 4) is 0 Å². The van der Waals surface area contributed by atoms with Crippen molar-refractivity contribution in [2.24, 2.45) is 0 Å². The third kappa shape index (κ3) is 3.96. The van der Waals surface area contributed by atoms with Crippen LogP contribution >= 0.6 is 0 Å². The number of hydrogen-bond acceptors (Lipinski definition) is 3. The van der Waals surface area contributed by atoms with Crippen LogP contribution in [0.1, 0.15) is 42.7 Å². The number of alkyl halides is 3. The van der Waals surface area contributed by atoms with Crippen molar-refractivity contribution in [2.75, 3.05) is 6.54 Å². The van der Waals surface area contributed by atoms with Gasteiger partial charge in [0.05, 0.1) is 17.9 Å². The molecule has 1 aromatic rings. The normalized spacial score (nSPS) is 13.3. The highest BCUT2D eigenvalue weighted by molar-refractivity contribution is 5.95. The van der Waals surface area contributed by atoms with E-state index in [4.69, 9.17) is 0 Å². The summed E-state index contributed by atoms with van der Waals surface area (Å²) in [6.45, 7) is 3.43. The lowest BCUT2D eigenvalue weighted by Crippen LogP contribution is -2.29. The van der Waals surface area contributed by atoms with Crippen molar-refractivity contribution < 1.29 is 23.1 Å². The monoisotopic (exact) mass is 293 g/mol. The van der Waals surface area contributed by atoms with Crippen LogP contribution in [0.2, 0.25) is 0 Å². The van der Waals surface area contributed by atoms with Gasteiger partial charge in [-0.1, -0.05) is 6.92 Å². The number of carbonyl (C=O) groups excluding carboxylic acids is 1. The molecule has 1 heterocycles. The highest BCUT2D eigenvalue weighted by Crippen LogP contribution is 2.31. The first-order valence-electron chi connectivity index (χ1n) is 6.40. The van der Waals surface area contributed by atoms with Crippen LogP contribution in [0, 0.1) is 0 Å². The summed E-state index contributed by atoms with van der Waals surface area (Å²) in [5.41, 5.74) is -1.54. The van der Waals surface area contributed by atoms with Gasteiger partial charge in [-0.3, -0.25) is 9.48 Å².